The van der Waals surface area contributed by atoms with Crippen LogP contribution in [0.5, 0.6) is 0 Å². The van der Waals surface area contributed by atoms with Crippen LogP contribution in [-0.4, -0.2) is 5.78 Å². The van der Waals surface area contributed by atoms with E-state index in [0.717, 1.165) is 14.7 Å². The van der Waals surface area contributed by atoms with Crippen LogP contribution in [-0.2, 0) is 5.88 Å². The van der Waals surface area contributed by atoms with E-state index in [4.69, 9.17) is 11.6 Å². The molecule has 0 atom stereocenters. The first-order valence-electron chi connectivity index (χ1n) is 4.06. The molecule has 0 aliphatic heterocycles. The van der Waals surface area contributed by atoms with Crippen molar-refractivity contribution in [2.24, 2.45) is 0 Å². The second kappa shape index (κ2) is 4.96. The van der Waals surface area contributed by atoms with Gasteiger partial charge in [-0.3, -0.25) is 4.79 Å². The van der Waals surface area contributed by atoms with Gasteiger partial charge in [-0.1, -0.05) is 13.0 Å². The predicted molar refractivity (Wildman–Crippen MR) is 63.3 cm³/mol. The zero-order valence-corrected chi connectivity index (χ0v) is 10.2. The molecule has 1 rings (SSSR count). The first-order chi connectivity index (χ1) is 6.19. The van der Waals surface area contributed by atoms with Crippen LogP contribution in [0.15, 0.2) is 18.2 Å². The Balaban J connectivity index is 3.15. The lowest BCUT2D eigenvalue weighted by Gasteiger charge is -2.04. The van der Waals surface area contributed by atoms with Gasteiger partial charge in [0.25, 0.3) is 0 Å². The van der Waals surface area contributed by atoms with E-state index in [-0.39, 0.29) is 5.78 Å². The van der Waals surface area contributed by atoms with Crippen molar-refractivity contribution >= 4 is 40.0 Å². The lowest BCUT2D eigenvalue weighted by atomic mass is 10.0. The molecule has 0 spiro atoms. The maximum atomic E-state index is 11.5. The number of rotatable bonds is 3. The molecule has 0 unspecified atom stereocenters. The van der Waals surface area contributed by atoms with Crippen molar-refractivity contribution in [1.29, 1.82) is 0 Å². The molecule has 1 nitrogen and oxygen atoms in total. The van der Waals surface area contributed by atoms with Gasteiger partial charge < -0.3 is 0 Å². The van der Waals surface area contributed by atoms with Gasteiger partial charge in [-0.05, 0) is 40.3 Å². The standard InChI is InChI=1S/C10H10ClIO/c1-2-10(13)9-5-8(12)4-3-7(9)6-11/h3-5H,2,6H2,1H3. The van der Waals surface area contributed by atoms with Crippen molar-refractivity contribution in [3.63, 3.8) is 0 Å². The number of ketones is 1. The van der Waals surface area contributed by atoms with Crippen LogP contribution in [0, 0.1) is 3.57 Å². The molecule has 0 fully saturated rings. The van der Waals surface area contributed by atoms with E-state index in [0.29, 0.717) is 12.3 Å². The van der Waals surface area contributed by atoms with E-state index >= 15 is 0 Å². The van der Waals surface area contributed by atoms with Crippen molar-refractivity contribution in [2.45, 2.75) is 19.2 Å². The molecule has 0 aromatic heterocycles. The Kier molecular flexibility index (Phi) is 4.19. The van der Waals surface area contributed by atoms with Crippen LogP contribution < -0.4 is 0 Å². The fraction of sp³-hybridized carbons (Fsp3) is 0.300. The van der Waals surface area contributed by atoms with Gasteiger partial charge in [-0.25, -0.2) is 0 Å². The van der Waals surface area contributed by atoms with Crippen molar-refractivity contribution in [3.05, 3.63) is 32.9 Å². The largest absolute Gasteiger partial charge is 0.294 e. The highest BCUT2D eigenvalue weighted by molar-refractivity contribution is 14.1. The average molecular weight is 309 g/mol. The van der Waals surface area contributed by atoms with E-state index in [9.17, 15) is 4.79 Å². The summed E-state index contributed by atoms with van der Waals surface area (Å²) < 4.78 is 1.07. The Labute approximate surface area is 96.6 Å². The molecule has 0 bridgehead atoms. The van der Waals surface area contributed by atoms with Crippen LogP contribution in [0.1, 0.15) is 29.3 Å². The minimum Gasteiger partial charge on any atom is -0.294 e. The molecule has 0 saturated carbocycles. The molecule has 0 radical (unpaired) electrons. The molecule has 0 aliphatic rings. The topological polar surface area (TPSA) is 17.1 Å². The maximum Gasteiger partial charge on any atom is 0.162 e. The fourth-order valence-corrected chi connectivity index (χ4v) is 1.84. The molecule has 13 heavy (non-hydrogen) atoms. The Morgan fingerprint density at radius 1 is 1.54 bits per heavy atom. The van der Waals surface area contributed by atoms with Crippen molar-refractivity contribution < 1.29 is 4.79 Å². The van der Waals surface area contributed by atoms with Crippen molar-refractivity contribution in [2.75, 3.05) is 0 Å². The van der Waals surface area contributed by atoms with E-state index in [2.05, 4.69) is 22.6 Å². The van der Waals surface area contributed by atoms with Crippen LogP contribution in [0.25, 0.3) is 0 Å². The third-order valence-electron chi connectivity index (χ3n) is 1.84. The Bertz CT molecular complexity index is 323. The summed E-state index contributed by atoms with van der Waals surface area (Å²) in [6, 6.07) is 5.77. The zero-order valence-electron chi connectivity index (χ0n) is 7.31. The summed E-state index contributed by atoms with van der Waals surface area (Å²) in [5.74, 6) is 0.562. The van der Waals surface area contributed by atoms with Gasteiger partial charge in [0.05, 0.1) is 0 Å². The van der Waals surface area contributed by atoms with Gasteiger partial charge in [0.15, 0.2) is 5.78 Å². The number of benzene rings is 1. The van der Waals surface area contributed by atoms with Gasteiger partial charge in [0.2, 0.25) is 0 Å². The van der Waals surface area contributed by atoms with E-state index in [1.165, 1.54) is 0 Å². The first kappa shape index (κ1) is 11.0. The molecule has 0 heterocycles. The summed E-state index contributed by atoms with van der Waals surface area (Å²) in [7, 11) is 0. The van der Waals surface area contributed by atoms with Gasteiger partial charge >= 0.3 is 0 Å². The fourth-order valence-electron chi connectivity index (χ4n) is 1.12. The van der Waals surface area contributed by atoms with E-state index in [1.54, 1.807) is 0 Å². The lowest BCUT2D eigenvalue weighted by molar-refractivity contribution is 0.0987. The zero-order chi connectivity index (χ0) is 9.84. The summed E-state index contributed by atoms with van der Waals surface area (Å²) in [4.78, 5) is 11.5. The van der Waals surface area contributed by atoms with Gasteiger partial charge in [-0.2, -0.15) is 0 Å². The average Bonchev–Trinajstić information content (AvgIpc) is 2.16. The quantitative estimate of drug-likeness (QED) is 0.473. The van der Waals surface area contributed by atoms with Crippen LogP contribution in [0.4, 0.5) is 0 Å². The van der Waals surface area contributed by atoms with Crippen LogP contribution in [0.2, 0.25) is 0 Å². The lowest BCUT2D eigenvalue weighted by Crippen LogP contribution is -2.01. The number of Topliss-reactive ketones (excluding diaryl/α,β-unsaturated/α-hetero) is 1. The highest BCUT2D eigenvalue weighted by Crippen LogP contribution is 2.17. The third-order valence-corrected chi connectivity index (χ3v) is 2.80. The third kappa shape index (κ3) is 2.68. The Morgan fingerprint density at radius 2 is 2.23 bits per heavy atom. The van der Waals surface area contributed by atoms with Gasteiger partial charge in [0, 0.05) is 21.4 Å². The predicted octanol–water partition coefficient (Wildman–Crippen LogP) is 3.62. The summed E-state index contributed by atoms with van der Waals surface area (Å²) in [6.45, 7) is 1.86. The summed E-state index contributed by atoms with van der Waals surface area (Å²) in [6.07, 6.45) is 0.532. The molecule has 0 amide bonds. The highest BCUT2D eigenvalue weighted by Gasteiger charge is 2.08. The number of alkyl halides is 1. The van der Waals surface area contributed by atoms with Crippen LogP contribution >= 0.6 is 34.2 Å². The molecule has 0 N–H and O–H groups in total. The number of carbonyl (C=O) groups is 1. The summed E-state index contributed by atoms with van der Waals surface area (Å²) in [5.41, 5.74) is 1.69. The highest BCUT2D eigenvalue weighted by atomic mass is 127. The number of carbonyl (C=O) groups excluding carboxylic acids is 1. The number of hydrogen-bond acceptors (Lipinski definition) is 1. The molecule has 70 valence electrons. The molecule has 0 saturated heterocycles. The molecular weight excluding hydrogens is 298 g/mol. The molecule has 1 aromatic carbocycles. The second-order valence-corrected chi connectivity index (χ2v) is 4.22. The summed E-state index contributed by atoms with van der Waals surface area (Å²) in [5, 5.41) is 0. The summed E-state index contributed by atoms with van der Waals surface area (Å²) >= 11 is 7.92. The molecule has 0 aliphatic carbocycles. The molecular formula is C10H10ClIO. The first-order valence-corrected chi connectivity index (χ1v) is 5.68. The Morgan fingerprint density at radius 3 is 2.77 bits per heavy atom. The van der Waals surface area contributed by atoms with E-state index in [1.807, 2.05) is 25.1 Å². The van der Waals surface area contributed by atoms with Gasteiger partial charge in [0.1, 0.15) is 0 Å². The smallest absolute Gasteiger partial charge is 0.162 e. The number of hydrogen-bond donors (Lipinski definition) is 0. The van der Waals surface area contributed by atoms with Crippen LogP contribution in [0.3, 0.4) is 0 Å². The normalized spacial score (nSPS) is 10.1. The monoisotopic (exact) mass is 308 g/mol. The maximum absolute atomic E-state index is 11.5. The van der Waals surface area contributed by atoms with Gasteiger partial charge in [-0.15, -0.1) is 11.6 Å². The Hall–Kier alpha value is -0.0900. The van der Waals surface area contributed by atoms with E-state index < -0.39 is 0 Å². The molecule has 3 heteroatoms. The minimum atomic E-state index is 0.161. The SMILES string of the molecule is CCC(=O)c1cc(I)ccc1CCl. The van der Waals surface area contributed by atoms with Crippen molar-refractivity contribution in [3.8, 4) is 0 Å². The molecule has 1 aromatic rings. The number of halogens is 2. The second-order valence-electron chi connectivity index (χ2n) is 2.71. The minimum absolute atomic E-state index is 0.161. The van der Waals surface area contributed by atoms with Crippen molar-refractivity contribution in [1.82, 2.24) is 0 Å².